The van der Waals surface area contributed by atoms with Gasteiger partial charge in [-0.1, -0.05) is 12.1 Å². The summed E-state index contributed by atoms with van der Waals surface area (Å²) in [6, 6.07) is 13.4. The number of nitrogen functional groups attached to an aromatic ring is 1. The number of anilines is 2. The number of amides is 1. The molecule has 1 aliphatic rings. The molecule has 0 unspecified atom stereocenters. The number of carbonyl (C=O) groups is 1. The van der Waals surface area contributed by atoms with E-state index in [1.54, 1.807) is 17.1 Å². The third kappa shape index (κ3) is 5.16. The van der Waals surface area contributed by atoms with Crippen LogP contribution >= 0.6 is 0 Å². The molecule has 1 fully saturated rings. The predicted octanol–water partition coefficient (Wildman–Crippen LogP) is 2.15. The number of carbonyl (C=O) groups excluding carboxylic acids is 1. The molecule has 4 aromatic heterocycles. The van der Waals surface area contributed by atoms with Crippen LogP contribution in [0.1, 0.15) is 16.3 Å². The molecule has 1 aliphatic heterocycles. The molecule has 3 N–H and O–H groups in total. The number of nitrogens with zero attached hydrogens (tertiary/aromatic N) is 9. The van der Waals surface area contributed by atoms with Crippen molar-refractivity contribution in [2.75, 3.05) is 43.9 Å². The Morgan fingerprint density at radius 3 is 2.60 bits per heavy atom. The van der Waals surface area contributed by atoms with Gasteiger partial charge in [0.2, 0.25) is 0 Å². The average Bonchev–Trinajstić information content (AvgIpc) is 3.42. The van der Waals surface area contributed by atoms with Crippen molar-refractivity contribution in [3.05, 3.63) is 72.6 Å². The Balaban J connectivity index is 1.29. The van der Waals surface area contributed by atoms with Crippen LogP contribution in [0, 0.1) is 0 Å². The lowest BCUT2D eigenvalue weighted by Gasteiger charge is -2.33. The van der Waals surface area contributed by atoms with Gasteiger partial charge in [-0.2, -0.15) is 5.10 Å². The molecule has 40 heavy (non-hydrogen) atoms. The summed E-state index contributed by atoms with van der Waals surface area (Å²) in [4.78, 5) is 40.5. The van der Waals surface area contributed by atoms with E-state index in [2.05, 4.69) is 47.2 Å². The third-order valence-corrected chi connectivity index (χ3v) is 6.90. The number of aromatic nitrogens is 7. The molecule has 12 nitrogen and oxygen atoms in total. The lowest BCUT2D eigenvalue weighted by atomic mass is 10.0. The molecule has 0 atom stereocenters. The van der Waals surface area contributed by atoms with E-state index >= 15 is 0 Å². The molecule has 0 aliphatic carbocycles. The van der Waals surface area contributed by atoms with Crippen molar-refractivity contribution in [1.82, 2.24) is 44.9 Å². The van der Waals surface area contributed by atoms with Crippen LogP contribution in [0.25, 0.3) is 33.5 Å². The Kier molecular flexibility index (Phi) is 6.74. The number of benzene rings is 1. The van der Waals surface area contributed by atoms with Crippen LogP contribution in [0.4, 0.5) is 11.6 Å². The van der Waals surface area contributed by atoms with E-state index in [9.17, 15) is 4.79 Å². The van der Waals surface area contributed by atoms with Gasteiger partial charge in [-0.3, -0.25) is 14.5 Å². The molecule has 1 saturated heterocycles. The van der Waals surface area contributed by atoms with E-state index in [0.29, 0.717) is 22.9 Å². The van der Waals surface area contributed by atoms with Gasteiger partial charge in [0.1, 0.15) is 23.0 Å². The zero-order chi connectivity index (χ0) is 27.6. The lowest BCUT2D eigenvalue weighted by molar-refractivity contribution is 0.0945. The van der Waals surface area contributed by atoms with Crippen molar-refractivity contribution in [2.45, 2.75) is 6.54 Å². The van der Waals surface area contributed by atoms with Gasteiger partial charge >= 0.3 is 0 Å². The van der Waals surface area contributed by atoms with Crippen molar-refractivity contribution >= 4 is 28.4 Å². The van der Waals surface area contributed by atoms with E-state index < -0.39 is 5.91 Å². The first-order valence-corrected chi connectivity index (χ1v) is 13.0. The molecule has 6 rings (SSSR count). The summed E-state index contributed by atoms with van der Waals surface area (Å²) in [5, 5.41) is 8.30. The standard InChI is InChI=1S/C28H29N11O/c1-37-12-14-39(15-13-37)23-7-10-31-22(33-23)17-32-28(40)26-27(29)35-25(21-8-11-38(2)36-21)24(34-26)19-5-6-20-18(16-19)4-3-9-30-20/h3-11,16H,12-15,17H2,1-2H3,(H2,29,35)(H,32,40). The Morgan fingerprint density at radius 2 is 1.80 bits per heavy atom. The molecule has 12 heteroatoms. The summed E-state index contributed by atoms with van der Waals surface area (Å²) in [5.74, 6) is 0.898. The van der Waals surface area contributed by atoms with E-state index in [1.165, 1.54) is 0 Å². The van der Waals surface area contributed by atoms with Gasteiger partial charge in [0.15, 0.2) is 11.5 Å². The number of fused-ring (bicyclic) bond motifs is 1. The number of hydrogen-bond acceptors (Lipinski definition) is 10. The van der Waals surface area contributed by atoms with Crippen molar-refractivity contribution in [2.24, 2.45) is 7.05 Å². The van der Waals surface area contributed by atoms with Crippen LogP contribution in [0.2, 0.25) is 0 Å². The number of aryl methyl sites for hydroxylation is 1. The predicted molar refractivity (Wildman–Crippen MR) is 152 cm³/mol. The van der Waals surface area contributed by atoms with Gasteiger partial charge in [0.05, 0.1) is 17.8 Å². The first-order valence-electron chi connectivity index (χ1n) is 13.0. The topological polar surface area (TPSA) is 144 Å². The highest BCUT2D eigenvalue weighted by atomic mass is 16.1. The highest BCUT2D eigenvalue weighted by Gasteiger charge is 2.22. The molecule has 1 aromatic carbocycles. The fourth-order valence-corrected chi connectivity index (χ4v) is 4.69. The monoisotopic (exact) mass is 535 g/mol. The largest absolute Gasteiger partial charge is 0.382 e. The average molecular weight is 536 g/mol. The maximum Gasteiger partial charge on any atom is 0.274 e. The summed E-state index contributed by atoms with van der Waals surface area (Å²) < 4.78 is 1.68. The Labute approximate surface area is 230 Å². The molecule has 0 radical (unpaired) electrons. The summed E-state index contributed by atoms with van der Waals surface area (Å²) in [5.41, 5.74) is 9.52. The molecule has 202 valence electrons. The highest BCUT2D eigenvalue weighted by molar-refractivity contribution is 5.98. The van der Waals surface area contributed by atoms with E-state index in [-0.39, 0.29) is 18.1 Å². The number of likely N-dealkylation sites (N-methyl/N-ethyl adjacent to an activating group) is 1. The maximum absolute atomic E-state index is 13.3. The first kappa shape index (κ1) is 25.3. The van der Waals surface area contributed by atoms with Gasteiger partial charge in [-0.15, -0.1) is 0 Å². The number of pyridine rings is 1. The minimum Gasteiger partial charge on any atom is -0.382 e. The van der Waals surface area contributed by atoms with Crippen molar-refractivity contribution in [1.29, 1.82) is 0 Å². The Hall–Kier alpha value is -4.97. The molecule has 0 spiro atoms. The minimum absolute atomic E-state index is 0.0106. The van der Waals surface area contributed by atoms with Crippen LogP contribution in [-0.2, 0) is 13.6 Å². The molecule has 0 bridgehead atoms. The quantitative estimate of drug-likeness (QED) is 0.332. The molecule has 0 saturated carbocycles. The van der Waals surface area contributed by atoms with Gasteiger partial charge < -0.3 is 20.9 Å². The zero-order valence-electron chi connectivity index (χ0n) is 22.3. The number of piperazine rings is 1. The van der Waals surface area contributed by atoms with Crippen molar-refractivity contribution in [3.63, 3.8) is 0 Å². The Morgan fingerprint density at radius 1 is 0.950 bits per heavy atom. The van der Waals surface area contributed by atoms with Crippen LogP contribution in [0.15, 0.2) is 61.1 Å². The number of hydrogen-bond donors (Lipinski definition) is 2. The number of nitrogens with one attached hydrogen (secondary N) is 1. The molecular formula is C28H29N11O. The van der Waals surface area contributed by atoms with Crippen molar-refractivity contribution < 1.29 is 4.79 Å². The zero-order valence-corrected chi connectivity index (χ0v) is 22.3. The second kappa shape index (κ2) is 10.7. The molecule has 5 aromatic rings. The fraction of sp³-hybridized carbons (Fsp3) is 0.250. The van der Waals surface area contributed by atoms with E-state index in [0.717, 1.165) is 48.5 Å². The normalized spacial score (nSPS) is 14.0. The number of nitrogens with two attached hydrogens (primary N) is 1. The summed E-state index contributed by atoms with van der Waals surface area (Å²) in [6.07, 6.45) is 5.28. The summed E-state index contributed by atoms with van der Waals surface area (Å²) in [6.45, 7) is 3.85. The summed E-state index contributed by atoms with van der Waals surface area (Å²) >= 11 is 0. The smallest absolute Gasteiger partial charge is 0.274 e. The second-order valence-electron chi connectivity index (χ2n) is 9.74. The highest BCUT2D eigenvalue weighted by Crippen LogP contribution is 2.31. The van der Waals surface area contributed by atoms with E-state index in [4.69, 9.17) is 10.7 Å². The maximum atomic E-state index is 13.3. The minimum atomic E-state index is -0.463. The van der Waals surface area contributed by atoms with Crippen LogP contribution in [-0.4, -0.2) is 78.7 Å². The third-order valence-electron chi connectivity index (χ3n) is 6.90. The van der Waals surface area contributed by atoms with Crippen LogP contribution < -0.4 is 16.0 Å². The Bertz CT molecular complexity index is 1690. The lowest BCUT2D eigenvalue weighted by Crippen LogP contribution is -2.44. The van der Waals surface area contributed by atoms with Gasteiger partial charge in [-0.25, -0.2) is 19.9 Å². The van der Waals surface area contributed by atoms with Crippen LogP contribution in [0.5, 0.6) is 0 Å². The van der Waals surface area contributed by atoms with Crippen LogP contribution in [0.3, 0.4) is 0 Å². The fourth-order valence-electron chi connectivity index (χ4n) is 4.69. The molecule has 5 heterocycles. The molecular weight excluding hydrogens is 506 g/mol. The summed E-state index contributed by atoms with van der Waals surface area (Å²) in [7, 11) is 3.93. The SMILES string of the molecule is CN1CCN(c2ccnc(CNC(=O)c3nc(-c4ccc5ncccc5c4)c(-c4ccn(C)n4)nc3N)n2)CC1. The van der Waals surface area contributed by atoms with E-state index in [1.807, 2.05) is 55.7 Å². The number of rotatable bonds is 6. The van der Waals surface area contributed by atoms with Gasteiger partial charge in [-0.05, 0) is 37.4 Å². The second-order valence-corrected chi connectivity index (χ2v) is 9.74. The van der Waals surface area contributed by atoms with Gasteiger partial charge in [0, 0.05) is 62.8 Å². The van der Waals surface area contributed by atoms with Crippen molar-refractivity contribution in [3.8, 4) is 22.6 Å². The molecule has 1 amide bonds. The first-order chi connectivity index (χ1) is 19.4. The van der Waals surface area contributed by atoms with Gasteiger partial charge in [0.25, 0.3) is 5.91 Å².